The average molecular weight is 368 g/mol. The molecule has 126 valence electrons. The number of rotatable bonds is 3. The number of nitrogens with zero attached hydrogens (tertiary/aromatic N) is 3. The first kappa shape index (κ1) is 16.8. The second kappa shape index (κ2) is 6.83. The molecule has 1 saturated heterocycles. The zero-order valence-corrected chi connectivity index (χ0v) is 14.2. The Balaban J connectivity index is 1.87. The van der Waals surface area contributed by atoms with E-state index in [0.717, 1.165) is 12.8 Å². The number of likely N-dealkylation sites (tertiary alicyclic amines) is 1. The van der Waals surface area contributed by atoms with E-state index in [1.807, 2.05) is 0 Å². The van der Waals surface area contributed by atoms with Gasteiger partial charge in [0.2, 0.25) is 0 Å². The first-order valence-electron chi connectivity index (χ1n) is 7.51. The topological polar surface area (TPSA) is 75.4 Å². The average Bonchev–Trinajstić information content (AvgIpc) is 3.03. The van der Waals surface area contributed by atoms with Gasteiger partial charge >= 0.3 is 5.97 Å². The minimum Gasteiger partial charge on any atom is -0.480 e. The molecule has 1 fully saturated rings. The maximum Gasteiger partial charge on any atom is 0.326 e. The summed E-state index contributed by atoms with van der Waals surface area (Å²) < 4.78 is 1.48. The highest BCUT2D eigenvalue weighted by atomic mass is 35.5. The largest absolute Gasteiger partial charge is 0.480 e. The van der Waals surface area contributed by atoms with Crippen LogP contribution in [0.5, 0.6) is 0 Å². The second-order valence-corrected chi connectivity index (χ2v) is 6.46. The first-order valence-corrected chi connectivity index (χ1v) is 8.27. The van der Waals surface area contributed by atoms with Gasteiger partial charge in [-0.3, -0.25) is 4.79 Å². The Morgan fingerprint density at radius 3 is 2.75 bits per heavy atom. The Morgan fingerprint density at radius 2 is 2.04 bits per heavy atom. The van der Waals surface area contributed by atoms with Crippen molar-refractivity contribution in [3.05, 3.63) is 46.2 Å². The van der Waals surface area contributed by atoms with Crippen molar-refractivity contribution >= 4 is 35.1 Å². The highest BCUT2D eigenvalue weighted by Gasteiger charge is 2.33. The molecule has 8 heteroatoms. The zero-order valence-electron chi connectivity index (χ0n) is 12.7. The van der Waals surface area contributed by atoms with Gasteiger partial charge in [-0.15, -0.1) is 0 Å². The molecule has 6 nitrogen and oxygen atoms in total. The van der Waals surface area contributed by atoms with Crippen LogP contribution in [-0.2, 0) is 4.79 Å². The number of benzene rings is 1. The van der Waals surface area contributed by atoms with Crippen molar-refractivity contribution in [3.8, 4) is 5.69 Å². The molecule has 3 rings (SSSR count). The summed E-state index contributed by atoms with van der Waals surface area (Å²) in [7, 11) is 0. The smallest absolute Gasteiger partial charge is 0.326 e. The quantitative estimate of drug-likeness (QED) is 0.903. The van der Waals surface area contributed by atoms with Gasteiger partial charge in [-0.25, -0.2) is 9.48 Å². The third-order valence-electron chi connectivity index (χ3n) is 4.03. The molecule has 0 radical (unpaired) electrons. The molecule has 1 N–H and O–H groups in total. The minimum absolute atomic E-state index is 0.328. The molecule has 1 aromatic carbocycles. The van der Waals surface area contributed by atoms with E-state index in [4.69, 9.17) is 23.2 Å². The van der Waals surface area contributed by atoms with Gasteiger partial charge in [0.25, 0.3) is 5.91 Å². The molecule has 0 aliphatic carbocycles. The Labute approximate surface area is 148 Å². The molecule has 1 aliphatic heterocycles. The van der Waals surface area contributed by atoms with Crippen LogP contribution >= 0.6 is 23.2 Å². The number of hydrogen-bond donors (Lipinski definition) is 1. The molecule has 1 unspecified atom stereocenters. The Hall–Kier alpha value is -2.05. The van der Waals surface area contributed by atoms with Crippen molar-refractivity contribution in [1.82, 2.24) is 14.7 Å². The van der Waals surface area contributed by atoms with Gasteiger partial charge in [-0.2, -0.15) is 5.10 Å². The Morgan fingerprint density at radius 1 is 1.25 bits per heavy atom. The van der Waals surface area contributed by atoms with E-state index in [2.05, 4.69) is 5.10 Å². The Bertz CT molecular complexity index is 791. The predicted octanol–water partition coefficient (Wildman–Crippen LogP) is 3.26. The van der Waals surface area contributed by atoms with Crippen molar-refractivity contribution < 1.29 is 14.7 Å². The highest BCUT2D eigenvalue weighted by molar-refractivity contribution is 6.35. The van der Waals surface area contributed by atoms with Crippen LogP contribution in [-0.4, -0.2) is 44.3 Å². The van der Waals surface area contributed by atoms with Gasteiger partial charge in [-0.05, 0) is 37.5 Å². The number of aromatic nitrogens is 2. The fourth-order valence-corrected chi connectivity index (χ4v) is 3.32. The standard InChI is InChI=1S/C16H15Cl2N3O3/c17-11-4-5-13(12(18)7-11)21-9-10(8-19-21)15(22)20-6-2-1-3-14(20)16(23)24/h4-5,7-9,14H,1-3,6H2,(H,23,24). The Kier molecular flexibility index (Phi) is 4.78. The van der Waals surface area contributed by atoms with Gasteiger partial charge in [0.1, 0.15) is 6.04 Å². The second-order valence-electron chi connectivity index (χ2n) is 5.62. The maximum atomic E-state index is 12.7. The van der Waals surface area contributed by atoms with Crippen molar-refractivity contribution in [2.45, 2.75) is 25.3 Å². The van der Waals surface area contributed by atoms with Crippen LogP contribution in [0.4, 0.5) is 0 Å². The van der Waals surface area contributed by atoms with E-state index in [1.165, 1.54) is 15.8 Å². The van der Waals surface area contributed by atoms with E-state index in [1.54, 1.807) is 24.4 Å². The fraction of sp³-hybridized carbons (Fsp3) is 0.312. The normalized spacial score (nSPS) is 17.8. The van der Waals surface area contributed by atoms with E-state index in [-0.39, 0.29) is 5.91 Å². The molecule has 0 bridgehead atoms. The van der Waals surface area contributed by atoms with Gasteiger partial charge in [0, 0.05) is 17.8 Å². The summed E-state index contributed by atoms with van der Waals surface area (Å²) in [6.07, 6.45) is 5.04. The molecule has 1 aliphatic rings. The molecular formula is C16H15Cl2N3O3. The summed E-state index contributed by atoms with van der Waals surface area (Å²) in [5.74, 6) is -1.31. The molecule has 0 spiro atoms. The highest BCUT2D eigenvalue weighted by Crippen LogP contribution is 2.25. The number of carbonyl (C=O) groups excluding carboxylic acids is 1. The van der Waals surface area contributed by atoms with Crippen LogP contribution < -0.4 is 0 Å². The van der Waals surface area contributed by atoms with Gasteiger partial charge in [0.05, 0.1) is 22.5 Å². The van der Waals surface area contributed by atoms with Crippen LogP contribution in [0.25, 0.3) is 5.69 Å². The number of piperidine rings is 1. The molecule has 1 atom stereocenters. The lowest BCUT2D eigenvalue weighted by Gasteiger charge is -2.32. The van der Waals surface area contributed by atoms with Crippen LogP contribution in [0.1, 0.15) is 29.6 Å². The van der Waals surface area contributed by atoms with Crippen LogP contribution in [0.15, 0.2) is 30.6 Å². The number of halogens is 2. The SMILES string of the molecule is O=C(O)C1CCCCN1C(=O)c1cnn(-c2ccc(Cl)cc2Cl)c1. The van der Waals surface area contributed by atoms with Crippen molar-refractivity contribution in [3.63, 3.8) is 0 Å². The summed E-state index contributed by atoms with van der Waals surface area (Å²) in [6, 6.07) is 4.19. The van der Waals surface area contributed by atoms with Crippen molar-refractivity contribution in [1.29, 1.82) is 0 Å². The van der Waals surface area contributed by atoms with Crippen molar-refractivity contribution in [2.75, 3.05) is 6.54 Å². The fourth-order valence-electron chi connectivity index (χ4n) is 2.83. The van der Waals surface area contributed by atoms with Gasteiger partial charge in [0.15, 0.2) is 0 Å². The molecule has 0 saturated carbocycles. The monoisotopic (exact) mass is 367 g/mol. The molecule has 24 heavy (non-hydrogen) atoms. The number of carbonyl (C=O) groups is 2. The summed E-state index contributed by atoms with van der Waals surface area (Å²) in [4.78, 5) is 25.4. The summed E-state index contributed by atoms with van der Waals surface area (Å²) in [5, 5.41) is 14.4. The minimum atomic E-state index is -0.976. The van der Waals surface area contributed by atoms with Gasteiger partial charge < -0.3 is 10.0 Å². The van der Waals surface area contributed by atoms with E-state index < -0.39 is 12.0 Å². The van der Waals surface area contributed by atoms with Gasteiger partial charge in [-0.1, -0.05) is 23.2 Å². The number of amides is 1. The molecule has 2 aromatic rings. The lowest BCUT2D eigenvalue weighted by Crippen LogP contribution is -2.47. The maximum absolute atomic E-state index is 12.7. The summed E-state index contributed by atoms with van der Waals surface area (Å²) in [5.41, 5.74) is 0.919. The van der Waals surface area contributed by atoms with Crippen molar-refractivity contribution in [2.24, 2.45) is 0 Å². The van der Waals surface area contributed by atoms with Crippen LogP contribution in [0, 0.1) is 0 Å². The molecule has 1 amide bonds. The van der Waals surface area contributed by atoms with Crippen LogP contribution in [0.3, 0.4) is 0 Å². The molecular weight excluding hydrogens is 353 g/mol. The first-order chi connectivity index (χ1) is 11.5. The molecule has 2 heterocycles. The third-order valence-corrected chi connectivity index (χ3v) is 4.57. The van der Waals surface area contributed by atoms with E-state index >= 15 is 0 Å². The lowest BCUT2D eigenvalue weighted by molar-refractivity contribution is -0.143. The number of hydrogen-bond acceptors (Lipinski definition) is 3. The zero-order chi connectivity index (χ0) is 17.3. The number of aliphatic carboxylic acids is 1. The van der Waals surface area contributed by atoms with Crippen LogP contribution in [0.2, 0.25) is 10.0 Å². The number of carboxylic acids is 1. The predicted molar refractivity (Wildman–Crippen MR) is 89.9 cm³/mol. The lowest BCUT2D eigenvalue weighted by atomic mass is 10.0. The third kappa shape index (κ3) is 3.25. The molecule has 1 aromatic heterocycles. The van der Waals surface area contributed by atoms with E-state index in [0.29, 0.717) is 34.3 Å². The summed E-state index contributed by atoms with van der Waals surface area (Å²) in [6.45, 7) is 0.433. The summed E-state index contributed by atoms with van der Waals surface area (Å²) >= 11 is 12.0. The number of carboxylic acid groups (broad SMARTS) is 1. The van der Waals surface area contributed by atoms with E-state index in [9.17, 15) is 14.7 Å².